The third-order valence-electron chi connectivity index (χ3n) is 4.40. The Hall–Kier alpha value is -2.60. The number of ether oxygens (including phenoxy) is 1. The van der Waals surface area contributed by atoms with E-state index in [4.69, 9.17) is 9.15 Å². The smallest absolute Gasteiger partial charge is 0.256 e. The van der Waals surface area contributed by atoms with Crippen LogP contribution in [0.25, 0.3) is 10.9 Å². The third kappa shape index (κ3) is 2.49. The Morgan fingerprint density at radius 1 is 1.33 bits per heavy atom. The normalized spacial score (nSPS) is 18.2. The zero-order valence-corrected chi connectivity index (χ0v) is 13.7. The molecule has 1 aromatic carbocycles. The quantitative estimate of drug-likeness (QED) is 0.786. The first-order valence-electron chi connectivity index (χ1n) is 8.02. The SMILES string of the molecule is Cc1cc(C(=O)N2CCOCC2c2ccc(C)o2)c2[nH]ncc2c1. The van der Waals surface area contributed by atoms with E-state index in [-0.39, 0.29) is 11.9 Å². The van der Waals surface area contributed by atoms with Crippen LogP contribution < -0.4 is 0 Å². The number of amides is 1. The molecule has 1 amide bonds. The lowest BCUT2D eigenvalue weighted by Crippen LogP contribution is -2.43. The first kappa shape index (κ1) is 15.0. The van der Waals surface area contributed by atoms with Crippen molar-refractivity contribution in [2.75, 3.05) is 19.8 Å². The van der Waals surface area contributed by atoms with E-state index in [2.05, 4.69) is 10.2 Å². The van der Waals surface area contributed by atoms with Crippen LogP contribution in [0.4, 0.5) is 0 Å². The lowest BCUT2D eigenvalue weighted by Gasteiger charge is -2.34. The van der Waals surface area contributed by atoms with Crippen LogP contribution in [0.2, 0.25) is 0 Å². The number of benzene rings is 1. The number of rotatable bonds is 2. The zero-order chi connectivity index (χ0) is 16.7. The fourth-order valence-electron chi connectivity index (χ4n) is 3.25. The second-order valence-electron chi connectivity index (χ2n) is 6.18. The number of hydrogen-bond acceptors (Lipinski definition) is 4. The van der Waals surface area contributed by atoms with Gasteiger partial charge in [-0.15, -0.1) is 0 Å². The highest BCUT2D eigenvalue weighted by Gasteiger charge is 2.32. The van der Waals surface area contributed by atoms with E-state index in [1.165, 1.54) is 0 Å². The number of fused-ring (bicyclic) bond motifs is 1. The molecule has 0 spiro atoms. The van der Waals surface area contributed by atoms with Crippen molar-refractivity contribution in [1.29, 1.82) is 0 Å². The van der Waals surface area contributed by atoms with Gasteiger partial charge in [-0.2, -0.15) is 5.10 Å². The van der Waals surface area contributed by atoms with Crippen molar-refractivity contribution in [1.82, 2.24) is 15.1 Å². The minimum atomic E-state index is -0.210. The highest BCUT2D eigenvalue weighted by Crippen LogP contribution is 2.29. The summed E-state index contributed by atoms with van der Waals surface area (Å²) >= 11 is 0. The Balaban J connectivity index is 1.74. The molecule has 2 aromatic heterocycles. The molecular formula is C18H19N3O3. The van der Waals surface area contributed by atoms with Gasteiger partial charge in [0.2, 0.25) is 0 Å². The summed E-state index contributed by atoms with van der Waals surface area (Å²) in [6.07, 6.45) is 1.74. The molecule has 6 heteroatoms. The molecule has 1 unspecified atom stereocenters. The van der Waals surface area contributed by atoms with E-state index in [1.807, 2.05) is 43.0 Å². The maximum absolute atomic E-state index is 13.2. The monoisotopic (exact) mass is 325 g/mol. The summed E-state index contributed by atoms with van der Waals surface area (Å²) in [7, 11) is 0. The Bertz CT molecular complexity index is 896. The third-order valence-corrected chi connectivity index (χ3v) is 4.40. The van der Waals surface area contributed by atoms with Gasteiger partial charge in [-0.25, -0.2) is 0 Å². The van der Waals surface area contributed by atoms with E-state index >= 15 is 0 Å². The molecule has 3 heterocycles. The van der Waals surface area contributed by atoms with Crippen LogP contribution in [-0.4, -0.2) is 40.8 Å². The number of aromatic nitrogens is 2. The Kier molecular flexibility index (Phi) is 3.61. The number of nitrogens with zero attached hydrogens (tertiary/aromatic N) is 2. The molecule has 1 fully saturated rings. The minimum Gasteiger partial charge on any atom is -0.464 e. The van der Waals surface area contributed by atoms with Gasteiger partial charge in [-0.1, -0.05) is 0 Å². The van der Waals surface area contributed by atoms with Gasteiger partial charge < -0.3 is 14.1 Å². The predicted molar refractivity (Wildman–Crippen MR) is 88.9 cm³/mol. The van der Waals surface area contributed by atoms with Gasteiger partial charge in [-0.05, 0) is 43.7 Å². The van der Waals surface area contributed by atoms with Crippen LogP contribution in [-0.2, 0) is 4.74 Å². The molecule has 1 atom stereocenters. The Morgan fingerprint density at radius 3 is 3.00 bits per heavy atom. The molecule has 3 aromatic rings. The number of aromatic amines is 1. The zero-order valence-electron chi connectivity index (χ0n) is 13.7. The van der Waals surface area contributed by atoms with Gasteiger partial charge in [0.05, 0.1) is 30.5 Å². The molecule has 1 saturated heterocycles. The number of H-pyrrole nitrogens is 1. The lowest BCUT2D eigenvalue weighted by atomic mass is 10.0. The van der Waals surface area contributed by atoms with Gasteiger partial charge in [0.1, 0.15) is 17.6 Å². The van der Waals surface area contributed by atoms with Gasteiger partial charge >= 0.3 is 0 Å². The topological polar surface area (TPSA) is 71.4 Å². The summed E-state index contributed by atoms with van der Waals surface area (Å²) in [6, 6.07) is 7.53. The molecular weight excluding hydrogens is 306 g/mol. The summed E-state index contributed by atoms with van der Waals surface area (Å²) in [5, 5.41) is 7.96. The van der Waals surface area contributed by atoms with Gasteiger partial charge in [0, 0.05) is 11.9 Å². The maximum atomic E-state index is 13.2. The molecule has 0 saturated carbocycles. The van der Waals surface area contributed by atoms with Crippen molar-refractivity contribution >= 4 is 16.8 Å². The molecule has 1 N–H and O–H groups in total. The van der Waals surface area contributed by atoms with E-state index in [0.29, 0.717) is 25.3 Å². The number of hydrogen-bond donors (Lipinski definition) is 1. The van der Waals surface area contributed by atoms with Crippen molar-refractivity contribution < 1.29 is 13.9 Å². The average Bonchev–Trinajstić information content (AvgIpc) is 3.22. The van der Waals surface area contributed by atoms with Crippen LogP contribution in [0.15, 0.2) is 34.9 Å². The van der Waals surface area contributed by atoms with Crippen molar-refractivity contribution in [3.8, 4) is 0 Å². The summed E-state index contributed by atoms with van der Waals surface area (Å²) in [5.74, 6) is 1.55. The molecule has 0 bridgehead atoms. The minimum absolute atomic E-state index is 0.0321. The standard InChI is InChI=1S/C18H19N3O3/c1-11-7-13-9-19-20-17(13)14(8-11)18(22)21-5-6-23-10-15(21)16-4-3-12(2)24-16/h3-4,7-9,15H,5-6,10H2,1-2H3,(H,19,20). The van der Waals surface area contributed by atoms with E-state index in [9.17, 15) is 4.79 Å². The van der Waals surface area contributed by atoms with Gasteiger partial charge in [-0.3, -0.25) is 9.89 Å². The van der Waals surface area contributed by atoms with Crippen LogP contribution in [0, 0.1) is 13.8 Å². The van der Waals surface area contributed by atoms with Crippen molar-refractivity contribution in [2.24, 2.45) is 0 Å². The maximum Gasteiger partial charge on any atom is 0.256 e. The molecule has 1 aliphatic rings. The number of furan rings is 1. The van der Waals surface area contributed by atoms with Crippen LogP contribution >= 0.6 is 0 Å². The number of carbonyl (C=O) groups is 1. The van der Waals surface area contributed by atoms with Crippen LogP contribution in [0.1, 0.15) is 33.5 Å². The number of carbonyl (C=O) groups excluding carboxylic acids is 1. The molecule has 6 nitrogen and oxygen atoms in total. The van der Waals surface area contributed by atoms with E-state index in [1.54, 1.807) is 6.20 Å². The van der Waals surface area contributed by atoms with Gasteiger partial charge in [0.15, 0.2) is 0 Å². The fourth-order valence-corrected chi connectivity index (χ4v) is 3.25. The van der Waals surface area contributed by atoms with E-state index < -0.39 is 0 Å². The lowest BCUT2D eigenvalue weighted by molar-refractivity contribution is -0.00886. The average molecular weight is 325 g/mol. The molecule has 4 rings (SSSR count). The Morgan fingerprint density at radius 2 is 2.21 bits per heavy atom. The molecule has 1 aliphatic heterocycles. The number of aryl methyl sites for hydroxylation is 2. The molecule has 124 valence electrons. The summed E-state index contributed by atoms with van der Waals surface area (Å²) in [6.45, 7) is 5.38. The molecule has 0 aliphatic carbocycles. The second kappa shape index (κ2) is 5.79. The Labute approximate surface area is 139 Å². The van der Waals surface area contributed by atoms with Crippen molar-refractivity contribution in [3.63, 3.8) is 0 Å². The highest BCUT2D eigenvalue weighted by molar-refractivity contribution is 6.05. The van der Waals surface area contributed by atoms with Crippen LogP contribution in [0.5, 0.6) is 0 Å². The number of nitrogens with one attached hydrogen (secondary N) is 1. The number of morpholine rings is 1. The van der Waals surface area contributed by atoms with E-state index in [0.717, 1.165) is 28.0 Å². The predicted octanol–water partition coefficient (Wildman–Crippen LogP) is 2.99. The highest BCUT2D eigenvalue weighted by atomic mass is 16.5. The van der Waals surface area contributed by atoms with Gasteiger partial charge in [0.25, 0.3) is 5.91 Å². The largest absolute Gasteiger partial charge is 0.464 e. The van der Waals surface area contributed by atoms with Crippen molar-refractivity contribution in [3.05, 3.63) is 53.1 Å². The van der Waals surface area contributed by atoms with Crippen molar-refractivity contribution in [2.45, 2.75) is 19.9 Å². The van der Waals surface area contributed by atoms with Crippen LogP contribution in [0.3, 0.4) is 0 Å². The second-order valence-corrected chi connectivity index (χ2v) is 6.18. The summed E-state index contributed by atoms with van der Waals surface area (Å²) in [5.41, 5.74) is 2.44. The fraction of sp³-hybridized carbons (Fsp3) is 0.333. The first-order chi connectivity index (χ1) is 11.6. The molecule has 0 radical (unpaired) electrons. The molecule has 24 heavy (non-hydrogen) atoms. The summed E-state index contributed by atoms with van der Waals surface area (Å²) < 4.78 is 11.3. The summed E-state index contributed by atoms with van der Waals surface area (Å²) in [4.78, 5) is 15.1. The first-order valence-corrected chi connectivity index (χ1v) is 8.02.